The van der Waals surface area contributed by atoms with Gasteiger partial charge in [-0.15, -0.1) is 5.10 Å². The second-order valence-corrected chi connectivity index (χ2v) is 8.33. The molecule has 1 saturated carbocycles. The van der Waals surface area contributed by atoms with E-state index in [4.69, 9.17) is 10.2 Å². The minimum Gasteiger partial charge on any atom is -0.402 e. The van der Waals surface area contributed by atoms with E-state index >= 15 is 0 Å². The Balaban J connectivity index is 1.37. The lowest BCUT2D eigenvalue weighted by Gasteiger charge is -2.04. The van der Waals surface area contributed by atoms with E-state index < -0.39 is 0 Å². The van der Waals surface area contributed by atoms with E-state index in [2.05, 4.69) is 40.3 Å². The first-order valence-corrected chi connectivity index (χ1v) is 11.5. The third kappa shape index (κ3) is 7.64. The Morgan fingerprint density at radius 3 is 2.38 bits per heavy atom. The molecule has 0 saturated heterocycles. The van der Waals surface area contributed by atoms with Crippen LogP contribution < -0.4 is 5.73 Å². The van der Waals surface area contributed by atoms with Crippen molar-refractivity contribution in [3.63, 3.8) is 0 Å². The van der Waals surface area contributed by atoms with Crippen LogP contribution in [0.25, 0.3) is 11.5 Å². The summed E-state index contributed by atoms with van der Waals surface area (Å²) in [6, 6.07) is 8.65. The molecule has 1 aromatic carbocycles. The van der Waals surface area contributed by atoms with Gasteiger partial charge in [-0.25, -0.2) is 0 Å². The number of aryl methyl sites for hydroxylation is 1. The van der Waals surface area contributed by atoms with Crippen molar-refractivity contribution in [3.8, 4) is 11.5 Å². The fourth-order valence-electron chi connectivity index (χ4n) is 3.63. The summed E-state index contributed by atoms with van der Waals surface area (Å²) in [6.07, 6.45) is 16.9. The number of benzene rings is 1. The maximum Gasteiger partial charge on any atom is 0.344 e. The summed E-state index contributed by atoms with van der Waals surface area (Å²) < 4.78 is 5.69. The Morgan fingerprint density at radius 1 is 1.00 bits per heavy atom. The molecule has 0 bridgehead atoms. The number of aliphatic imine (C=N–C) groups is 1. The lowest BCUT2D eigenvalue weighted by molar-refractivity contribution is 0.556. The molecule has 0 radical (unpaired) electrons. The van der Waals surface area contributed by atoms with Gasteiger partial charge < -0.3 is 10.2 Å². The molecule has 1 aliphatic rings. The predicted molar refractivity (Wildman–Crippen MR) is 119 cm³/mol. The summed E-state index contributed by atoms with van der Waals surface area (Å²) in [6.45, 7) is 2.27. The van der Waals surface area contributed by atoms with Crippen molar-refractivity contribution in [3.05, 3.63) is 29.8 Å². The summed E-state index contributed by atoms with van der Waals surface area (Å²) in [5, 5.41) is 8.15. The van der Waals surface area contributed by atoms with Gasteiger partial charge in [0.2, 0.25) is 5.89 Å². The molecule has 1 aromatic heterocycles. The number of nitrogens with zero attached hydrogens (tertiary/aromatic N) is 3. The molecule has 0 amide bonds. The third-order valence-electron chi connectivity index (χ3n) is 5.63. The largest absolute Gasteiger partial charge is 0.402 e. The second kappa shape index (κ2) is 11.7. The zero-order chi connectivity index (χ0) is 20.3. The number of hydrogen-bond acceptors (Lipinski definition) is 4. The highest BCUT2D eigenvalue weighted by molar-refractivity contribution is 5.86. The zero-order valence-corrected chi connectivity index (χ0v) is 17.9. The summed E-state index contributed by atoms with van der Waals surface area (Å²) in [4.78, 5) is 4.25. The molecular formula is C24H36N4O. The van der Waals surface area contributed by atoms with Crippen LogP contribution in [-0.4, -0.2) is 16.0 Å². The van der Waals surface area contributed by atoms with E-state index in [1.54, 1.807) is 0 Å². The Hall–Kier alpha value is -2.17. The summed E-state index contributed by atoms with van der Waals surface area (Å²) in [7, 11) is 0. The lowest BCUT2D eigenvalue weighted by Crippen LogP contribution is -2.13. The molecule has 1 fully saturated rings. The molecule has 158 valence electrons. The van der Waals surface area contributed by atoms with Crippen LogP contribution in [-0.2, 0) is 6.42 Å². The number of unbranched alkanes of at least 4 members (excludes halogenated alkanes) is 9. The Morgan fingerprint density at radius 2 is 1.69 bits per heavy atom. The quantitative estimate of drug-likeness (QED) is 0.222. The van der Waals surface area contributed by atoms with Crippen LogP contribution in [0.3, 0.4) is 0 Å². The monoisotopic (exact) mass is 396 g/mol. The van der Waals surface area contributed by atoms with Gasteiger partial charge in [0.1, 0.15) is 5.84 Å². The number of amidine groups is 1. The molecule has 0 aliphatic heterocycles. The van der Waals surface area contributed by atoms with Crippen molar-refractivity contribution in [2.24, 2.45) is 16.6 Å². The smallest absolute Gasteiger partial charge is 0.344 e. The van der Waals surface area contributed by atoms with Crippen LogP contribution in [0.2, 0.25) is 0 Å². The van der Waals surface area contributed by atoms with Crippen LogP contribution in [0.5, 0.6) is 0 Å². The van der Waals surface area contributed by atoms with E-state index in [1.807, 2.05) is 6.07 Å². The molecule has 5 heteroatoms. The lowest BCUT2D eigenvalue weighted by atomic mass is 10.0. The van der Waals surface area contributed by atoms with Crippen molar-refractivity contribution in [2.75, 3.05) is 0 Å². The fourth-order valence-corrected chi connectivity index (χ4v) is 3.63. The van der Waals surface area contributed by atoms with Crippen molar-refractivity contribution < 1.29 is 4.42 Å². The van der Waals surface area contributed by atoms with Gasteiger partial charge in [-0.3, -0.25) is 0 Å². The average molecular weight is 397 g/mol. The molecular weight excluding hydrogens is 360 g/mol. The number of aromatic nitrogens is 2. The van der Waals surface area contributed by atoms with Crippen molar-refractivity contribution in [1.29, 1.82) is 0 Å². The molecule has 0 unspecified atom stereocenters. The number of rotatable bonds is 14. The van der Waals surface area contributed by atoms with Crippen LogP contribution >= 0.6 is 0 Å². The standard InChI is InChI=1S/C24H36N4O/c1-2-3-4-5-6-7-8-9-10-11-13-19-14-12-15-21(18-19)23-27-28-24(29-23)26-22(25)20-16-17-20/h12,14-15,18,20H,2-11,13,16-17H2,1H3,(H2,25,26,28). The maximum atomic E-state index is 5.93. The third-order valence-corrected chi connectivity index (χ3v) is 5.63. The summed E-state index contributed by atoms with van der Waals surface area (Å²) in [5.74, 6) is 1.52. The molecule has 1 heterocycles. The van der Waals surface area contributed by atoms with Crippen molar-refractivity contribution in [1.82, 2.24) is 10.2 Å². The molecule has 3 rings (SSSR count). The normalized spacial score (nSPS) is 14.4. The molecule has 2 N–H and O–H groups in total. The van der Waals surface area contributed by atoms with E-state index in [0.29, 0.717) is 17.6 Å². The van der Waals surface area contributed by atoms with Crippen molar-refractivity contribution >= 4 is 11.9 Å². The molecule has 2 aromatic rings. The van der Waals surface area contributed by atoms with Gasteiger partial charge in [0.05, 0.1) is 0 Å². The summed E-state index contributed by atoms with van der Waals surface area (Å²) in [5.41, 5.74) is 8.21. The van der Waals surface area contributed by atoms with E-state index in [1.165, 1.54) is 69.8 Å². The molecule has 0 atom stereocenters. The summed E-state index contributed by atoms with van der Waals surface area (Å²) >= 11 is 0. The Kier molecular flexibility index (Phi) is 8.72. The van der Waals surface area contributed by atoms with Gasteiger partial charge in [-0.05, 0) is 43.4 Å². The first-order chi connectivity index (χ1) is 14.3. The van der Waals surface area contributed by atoms with Crippen LogP contribution in [0, 0.1) is 5.92 Å². The minimum absolute atomic E-state index is 0.254. The SMILES string of the molecule is CCCCCCCCCCCCc1cccc(-c2nnc(/N=C(\N)C3CC3)o2)c1. The van der Waals surface area contributed by atoms with Gasteiger partial charge in [0.15, 0.2) is 0 Å². The van der Waals surface area contributed by atoms with Crippen LogP contribution in [0.15, 0.2) is 33.7 Å². The van der Waals surface area contributed by atoms with Crippen LogP contribution in [0.1, 0.15) is 89.5 Å². The first kappa shape index (κ1) is 21.5. The van der Waals surface area contributed by atoms with E-state index in [0.717, 1.165) is 24.8 Å². The second-order valence-electron chi connectivity index (χ2n) is 8.33. The van der Waals surface area contributed by atoms with Gasteiger partial charge >= 0.3 is 6.01 Å². The highest BCUT2D eigenvalue weighted by Crippen LogP contribution is 2.30. The first-order valence-electron chi connectivity index (χ1n) is 11.5. The highest BCUT2D eigenvalue weighted by Gasteiger charge is 2.26. The van der Waals surface area contributed by atoms with E-state index in [9.17, 15) is 0 Å². The average Bonchev–Trinajstić information content (AvgIpc) is 3.49. The molecule has 29 heavy (non-hydrogen) atoms. The predicted octanol–water partition coefficient (Wildman–Crippen LogP) is 6.60. The maximum absolute atomic E-state index is 5.93. The molecule has 5 nitrogen and oxygen atoms in total. The fraction of sp³-hybridized carbons (Fsp3) is 0.625. The topological polar surface area (TPSA) is 77.3 Å². The number of nitrogens with two attached hydrogens (primary N) is 1. The number of hydrogen-bond donors (Lipinski definition) is 1. The Bertz CT molecular complexity index is 764. The van der Waals surface area contributed by atoms with Gasteiger partial charge in [0, 0.05) is 11.5 Å². The highest BCUT2D eigenvalue weighted by atomic mass is 16.4. The molecule has 1 aliphatic carbocycles. The van der Waals surface area contributed by atoms with Gasteiger partial charge in [-0.1, -0.05) is 81.9 Å². The van der Waals surface area contributed by atoms with Gasteiger partial charge in [-0.2, -0.15) is 4.99 Å². The zero-order valence-electron chi connectivity index (χ0n) is 17.9. The molecule has 0 spiro atoms. The minimum atomic E-state index is 0.254. The Labute approximate surface area is 175 Å². The van der Waals surface area contributed by atoms with Gasteiger partial charge in [0.25, 0.3) is 0 Å². The van der Waals surface area contributed by atoms with Crippen molar-refractivity contribution in [2.45, 2.75) is 90.4 Å². The van der Waals surface area contributed by atoms with Crippen LogP contribution in [0.4, 0.5) is 6.01 Å². The van der Waals surface area contributed by atoms with E-state index in [-0.39, 0.29) is 6.01 Å².